The summed E-state index contributed by atoms with van der Waals surface area (Å²) in [4.78, 5) is 12.7. The Morgan fingerprint density at radius 1 is 0.857 bits per heavy atom. The van der Waals surface area contributed by atoms with Crippen LogP contribution in [0.15, 0.2) is 70.0 Å². The average Bonchev–Trinajstić information content (AvgIpc) is 2.87. The summed E-state index contributed by atoms with van der Waals surface area (Å²) in [6.45, 7) is 3.88. The minimum Gasteiger partial charge on any atom is -0.375 e. The fourth-order valence-corrected chi connectivity index (χ4v) is 2.38. The topological polar surface area (TPSA) is 35.1 Å². The lowest BCUT2D eigenvalue weighted by Gasteiger charge is -2.02. The second-order valence-electron chi connectivity index (χ2n) is 5.25. The van der Waals surface area contributed by atoms with Crippen LogP contribution in [0, 0.1) is 0 Å². The largest absolute Gasteiger partial charge is 0.375 e. The molecule has 0 saturated carbocycles. The van der Waals surface area contributed by atoms with Gasteiger partial charge in [-0.1, -0.05) is 60.7 Å². The van der Waals surface area contributed by atoms with Crippen LogP contribution >= 0.6 is 0 Å². The maximum atomic E-state index is 12.7. The van der Waals surface area contributed by atoms with Gasteiger partial charge in [0.25, 0.3) is 5.56 Å². The molecule has 3 nitrogen and oxygen atoms in total. The van der Waals surface area contributed by atoms with Crippen LogP contribution < -0.4 is 5.56 Å². The average molecular weight is 279 g/mol. The number of rotatable bonds is 3. The third kappa shape index (κ3) is 2.42. The molecule has 0 unspecified atom stereocenters. The van der Waals surface area contributed by atoms with E-state index < -0.39 is 0 Å². The summed E-state index contributed by atoms with van der Waals surface area (Å²) in [5.74, 6) is 0.625. The highest BCUT2D eigenvalue weighted by molar-refractivity contribution is 5.78. The van der Waals surface area contributed by atoms with E-state index >= 15 is 0 Å². The van der Waals surface area contributed by atoms with Gasteiger partial charge >= 0.3 is 0 Å². The molecule has 0 aliphatic heterocycles. The van der Waals surface area contributed by atoms with Crippen molar-refractivity contribution in [1.82, 2.24) is 4.74 Å². The highest BCUT2D eigenvalue weighted by atomic mass is 16.5. The van der Waals surface area contributed by atoms with Gasteiger partial charge < -0.3 is 4.52 Å². The third-order valence-electron chi connectivity index (χ3n) is 3.40. The molecule has 0 spiro atoms. The molecule has 0 aliphatic rings. The van der Waals surface area contributed by atoms with Gasteiger partial charge in [-0.25, -0.2) is 0 Å². The van der Waals surface area contributed by atoms with Gasteiger partial charge in [-0.15, -0.1) is 0 Å². The van der Waals surface area contributed by atoms with Crippen molar-refractivity contribution in [2.24, 2.45) is 0 Å². The molecule has 0 aliphatic carbocycles. The van der Waals surface area contributed by atoms with E-state index in [-0.39, 0.29) is 11.6 Å². The molecule has 3 rings (SSSR count). The normalized spacial score (nSPS) is 11.0. The second-order valence-corrected chi connectivity index (χ2v) is 5.25. The number of nitrogens with zero attached hydrogens (tertiary/aromatic N) is 1. The minimum absolute atomic E-state index is 0.0163. The van der Waals surface area contributed by atoms with E-state index in [1.165, 1.54) is 4.74 Å². The Labute approximate surface area is 123 Å². The van der Waals surface area contributed by atoms with Crippen molar-refractivity contribution in [2.45, 2.75) is 19.9 Å². The van der Waals surface area contributed by atoms with Crippen molar-refractivity contribution in [1.29, 1.82) is 0 Å². The summed E-state index contributed by atoms with van der Waals surface area (Å²) >= 11 is 0. The standard InChI is InChI=1S/C18H17NO2/c1-13(2)19-18(20)16(14-9-5-3-6-10-14)17(21-19)15-11-7-4-8-12-15/h3-13H,1-2H3. The fraction of sp³-hybridized carbons (Fsp3) is 0.167. The van der Waals surface area contributed by atoms with Crippen LogP contribution in [0.2, 0.25) is 0 Å². The first-order valence-electron chi connectivity index (χ1n) is 7.05. The summed E-state index contributed by atoms with van der Waals surface area (Å²) in [5, 5.41) is 0. The van der Waals surface area contributed by atoms with E-state index in [1.807, 2.05) is 74.5 Å². The maximum absolute atomic E-state index is 12.7. The van der Waals surface area contributed by atoms with E-state index in [2.05, 4.69) is 0 Å². The summed E-state index contributed by atoms with van der Waals surface area (Å²) in [6.07, 6.45) is 0. The van der Waals surface area contributed by atoms with Crippen LogP contribution in [0.5, 0.6) is 0 Å². The van der Waals surface area contributed by atoms with Gasteiger partial charge in [0.05, 0.1) is 11.6 Å². The molecule has 0 bridgehead atoms. The van der Waals surface area contributed by atoms with Gasteiger partial charge in [-0.3, -0.25) is 4.79 Å². The summed E-state index contributed by atoms with van der Waals surface area (Å²) in [5.41, 5.74) is 2.32. The Hall–Kier alpha value is -2.55. The number of hydrogen-bond donors (Lipinski definition) is 0. The smallest absolute Gasteiger partial charge is 0.291 e. The van der Waals surface area contributed by atoms with E-state index in [0.717, 1.165) is 11.1 Å². The van der Waals surface area contributed by atoms with Gasteiger partial charge in [0.2, 0.25) is 0 Å². The van der Waals surface area contributed by atoms with Crippen LogP contribution in [0.1, 0.15) is 19.9 Å². The highest BCUT2D eigenvalue weighted by Crippen LogP contribution is 2.30. The molecule has 3 aromatic rings. The predicted octanol–water partition coefficient (Wildman–Crippen LogP) is 4.36. The molecule has 0 saturated heterocycles. The van der Waals surface area contributed by atoms with Crippen molar-refractivity contribution < 1.29 is 4.52 Å². The summed E-state index contributed by atoms with van der Waals surface area (Å²) in [7, 11) is 0. The Bertz CT molecular complexity index is 783. The fourth-order valence-electron chi connectivity index (χ4n) is 2.38. The first-order valence-corrected chi connectivity index (χ1v) is 7.05. The van der Waals surface area contributed by atoms with Crippen molar-refractivity contribution in [2.75, 3.05) is 0 Å². The zero-order valence-corrected chi connectivity index (χ0v) is 12.1. The molecule has 1 heterocycles. The van der Waals surface area contributed by atoms with Crippen LogP contribution in [0.4, 0.5) is 0 Å². The first kappa shape index (κ1) is 13.4. The Morgan fingerprint density at radius 3 is 1.90 bits per heavy atom. The monoisotopic (exact) mass is 279 g/mol. The summed E-state index contributed by atoms with van der Waals surface area (Å²) < 4.78 is 7.29. The van der Waals surface area contributed by atoms with E-state index in [0.29, 0.717) is 11.3 Å². The van der Waals surface area contributed by atoms with Crippen molar-refractivity contribution in [3.63, 3.8) is 0 Å². The molecule has 0 amide bonds. The zero-order valence-electron chi connectivity index (χ0n) is 12.1. The molecular weight excluding hydrogens is 262 g/mol. The Morgan fingerprint density at radius 2 is 1.38 bits per heavy atom. The van der Waals surface area contributed by atoms with E-state index in [9.17, 15) is 4.79 Å². The van der Waals surface area contributed by atoms with E-state index in [1.54, 1.807) is 0 Å². The molecular formula is C18H17NO2. The third-order valence-corrected chi connectivity index (χ3v) is 3.40. The van der Waals surface area contributed by atoms with Crippen molar-refractivity contribution in [3.05, 3.63) is 71.0 Å². The lowest BCUT2D eigenvalue weighted by molar-refractivity contribution is 0.238. The molecule has 0 atom stereocenters. The molecule has 1 aromatic heterocycles. The lowest BCUT2D eigenvalue weighted by Crippen LogP contribution is -2.17. The lowest BCUT2D eigenvalue weighted by atomic mass is 10.0. The van der Waals surface area contributed by atoms with Crippen LogP contribution in [0.3, 0.4) is 0 Å². The molecule has 106 valence electrons. The Balaban J connectivity index is 2.29. The van der Waals surface area contributed by atoms with Gasteiger partial charge in [-0.2, -0.15) is 4.74 Å². The van der Waals surface area contributed by atoms with Crippen LogP contribution in [-0.2, 0) is 0 Å². The van der Waals surface area contributed by atoms with Crippen molar-refractivity contribution >= 4 is 0 Å². The molecule has 3 heteroatoms. The number of aromatic nitrogens is 1. The molecule has 0 N–H and O–H groups in total. The zero-order chi connectivity index (χ0) is 14.8. The molecule has 0 fully saturated rings. The van der Waals surface area contributed by atoms with Gasteiger partial charge in [0.1, 0.15) is 0 Å². The van der Waals surface area contributed by atoms with Crippen LogP contribution in [-0.4, -0.2) is 4.74 Å². The van der Waals surface area contributed by atoms with Crippen molar-refractivity contribution in [3.8, 4) is 22.5 Å². The Kier molecular flexibility index (Phi) is 3.48. The summed E-state index contributed by atoms with van der Waals surface area (Å²) in [6, 6.07) is 19.4. The second kappa shape index (κ2) is 5.44. The van der Waals surface area contributed by atoms with Gasteiger partial charge in [-0.05, 0) is 19.4 Å². The van der Waals surface area contributed by atoms with E-state index in [4.69, 9.17) is 4.52 Å². The molecule has 0 radical (unpaired) electrons. The molecule has 2 aromatic carbocycles. The van der Waals surface area contributed by atoms with Gasteiger partial charge in [0.15, 0.2) is 5.76 Å². The SMILES string of the molecule is CC(C)n1oc(-c2ccccc2)c(-c2ccccc2)c1=O. The first-order chi connectivity index (χ1) is 10.2. The number of benzene rings is 2. The van der Waals surface area contributed by atoms with Crippen LogP contribution in [0.25, 0.3) is 22.5 Å². The minimum atomic E-state index is -0.0879. The highest BCUT2D eigenvalue weighted by Gasteiger charge is 2.21. The maximum Gasteiger partial charge on any atom is 0.291 e. The predicted molar refractivity (Wildman–Crippen MR) is 84.2 cm³/mol. The molecule has 21 heavy (non-hydrogen) atoms. The number of hydrogen-bond acceptors (Lipinski definition) is 2. The quantitative estimate of drug-likeness (QED) is 0.714. The van der Waals surface area contributed by atoms with Gasteiger partial charge in [0, 0.05) is 5.56 Å².